The van der Waals surface area contributed by atoms with Gasteiger partial charge in [0.25, 0.3) is 0 Å². The maximum atomic E-state index is 12.1. The van der Waals surface area contributed by atoms with Gasteiger partial charge in [-0.15, -0.1) is 21.5 Å². The zero-order valence-electron chi connectivity index (χ0n) is 17.0. The van der Waals surface area contributed by atoms with Gasteiger partial charge in [0.2, 0.25) is 11.8 Å². The molecule has 0 spiro atoms. The van der Waals surface area contributed by atoms with E-state index in [1.807, 2.05) is 11.3 Å². The van der Waals surface area contributed by atoms with Crippen molar-refractivity contribution in [2.75, 3.05) is 5.75 Å². The van der Waals surface area contributed by atoms with Crippen molar-refractivity contribution in [3.8, 4) is 0 Å². The van der Waals surface area contributed by atoms with Gasteiger partial charge in [0.15, 0.2) is 10.8 Å². The first-order chi connectivity index (χ1) is 14.5. The third-order valence-electron chi connectivity index (χ3n) is 5.73. The molecule has 0 radical (unpaired) electrons. The van der Waals surface area contributed by atoms with Gasteiger partial charge < -0.3 is 0 Å². The Morgan fingerprint density at radius 3 is 2.77 bits per heavy atom. The molecule has 8 nitrogen and oxygen atoms in total. The van der Waals surface area contributed by atoms with E-state index in [0.717, 1.165) is 47.4 Å². The third kappa shape index (κ3) is 3.56. The summed E-state index contributed by atoms with van der Waals surface area (Å²) in [6.07, 6.45) is 5.93. The molecular weight excluding hydrogens is 420 g/mol. The van der Waals surface area contributed by atoms with Crippen LogP contribution in [0.4, 0.5) is 0 Å². The van der Waals surface area contributed by atoms with Gasteiger partial charge >= 0.3 is 0 Å². The van der Waals surface area contributed by atoms with Gasteiger partial charge in [0, 0.05) is 17.2 Å². The molecule has 3 heterocycles. The largest absolute Gasteiger partial charge is 0.273 e. The molecule has 1 atom stereocenters. The second kappa shape index (κ2) is 7.81. The van der Waals surface area contributed by atoms with E-state index in [0.29, 0.717) is 23.4 Å². The standard InChI is InChI=1S/C20H24N6O2S2/c1-3-14(27)22-23-15(28)9-29-20-25-24-18-16-12-7-4-10(2)8-13(12)30-19(16)21-17(26(18)20)11-5-6-11/h10-11H,3-9H2,1-2H3,(H,22,27)(H,23,28)/t10-/m1/s1. The Balaban J connectivity index is 1.49. The molecule has 158 valence electrons. The topological polar surface area (TPSA) is 101 Å². The van der Waals surface area contributed by atoms with E-state index in [-0.39, 0.29) is 17.6 Å². The number of amides is 2. The number of fused-ring (bicyclic) bond motifs is 5. The molecule has 2 aliphatic rings. The van der Waals surface area contributed by atoms with Gasteiger partial charge in [0.1, 0.15) is 10.7 Å². The minimum Gasteiger partial charge on any atom is -0.273 e. The first-order valence-corrected chi connectivity index (χ1v) is 12.2. The van der Waals surface area contributed by atoms with Crippen molar-refractivity contribution in [2.24, 2.45) is 5.92 Å². The number of thioether (sulfide) groups is 1. The number of aromatic nitrogens is 4. The van der Waals surface area contributed by atoms with Crippen LogP contribution in [0.2, 0.25) is 0 Å². The van der Waals surface area contributed by atoms with E-state index < -0.39 is 0 Å². The number of hydrogen-bond acceptors (Lipinski definition) is 7. The molecule has 0 saturated heterocycles. The summed E-state index contributed by atoms with van der Waals surface area (Å²) in [5, 5.41) is 10.8. The van der Waals surface area contributed by atoms with Crippen molar-refractivity contribution in [3.63, 3.8) is 0 Å². The first-order valence-electron chi connectivity index (χ1n) is 10.4. The van der Waals surface area contributed by atoms with Crippen molar-refractivity contribution in [1.82, 2.24) is 30.4 Å². The summed E-state index contributed by atoms with van der Waals surface area (Å²) in [6, 6.07) is 0. The van der Waals surface area contributed by atoms with Crippen LogP contribution in [0.5, 0.6) is 0 Å². The minimum atomic E-state index is -0.276. The summed E-state index contributed by atoms with van der Waals surface area (Å²) in [4.78, 5) is 31.0. The smallest absolute Gasteiger partial charge is 0.248 e. The quantitative estimate of drug-likeness (QED) is 0.463. The predicted octanol–water partition coefficient (Wildman–Crippen LogP) is 2.99. The van der Waals surface area contributed by atoms with Crippen molar-refractivity contribution < 1.29 is 9.59 Å². The van der Waals surface area contributed by atoms with Crippen molar-refractivity contribution in [1.29, 1.82) is 0 Å². The van der Waals surface area contributed by atoms with Crippen LogP contribution in [0.3, 0.4) is 0 Å². The molecule has 5 rings (SSSR count). The zero-order chi connectivity index (χ0) is 20.8. The predicted molar refractivity (Wildman–Crippen MR) is 117 cm³/mol. The molecule has 2 amide bonds. The lowest BCUT2D eigenvalue weighted by Crippen LogP contribution is -2.42. The fraction of sp³-hybridized carbons (Fsp3) is 0.550. The Kier molecular flexibility index (Phi) is 5.14. The first kappa shape index (κ1) is 19.7. The maximum absolute atomic E-state index is 12.1. The number of carbonyl (C=O) groups is 2. The average molecular weight is 445 g/mol. The molecule has 1 fully saturated rings. The molecule has 3 aromatic rings. The normalized spacial score (nSPS) is 18.5. The molecule has 3 aromatic heterocycles. The van der Waals surface area contributed by atoms with Gasteiger partial charge in [-0.2, -0.15) is 0 Å². The van der Waals surface area contributed by atoms with Gasteiger partial charge in [-0.3, -0.25) is 24.8 Å². The van der Waals surface area contributed by atoms with Gasteiger partial charge in [0.05, 0.1) is 11.1 Å². The zero-order valence-corrected chi connectivity index (χ0v) is 18.7. The van der Waals surface area contributed by atoms with E-state index in [2.05, 4.69) is 32.4 Å². The Labute approximate surface area is 182 Å². The number of aryl methyl sites for hydroxylation is 1. The highest BCUT2D eigenvalue weighted by molar-refractivity contribution is 7.99. The lowest BCUT2D eigenvalue weighted by atomic mass is 9.89. The van der Waals surface area contributed by atoms with Crippen LogP contribution in [-0.4, -0.2) is 37.1 Å². The Morgan fingerprint density at radius 1 is 1.20 bits per heavy atom. The highest BCUT2D eigenvalue weighted by atomic mass is 32.2. The van der Waals surface area contributed by atoms with Gasteiger partial charge in [-0.1, -0.05) is 25.6 Å². The number of hydrazine groups is 1. The number of thiophene rings is 1. The molecule has 10 heteroatoms. The van der Waals surface area contributed by atoms with Gasteiger partial charge in [-0.05, 0) is 43.6 Å². The monoisotopic (exact) mass is 444 g/mol. The van der Waals surface area contributed by atoms with Crippen LogP contribution >= 0.6 is 23.1 Å². The number of rotatable bonds is 5. The number of hydrogen-bond donors (Lipinski definition) is 2. The molecule has 0 unspecified atom stereocenters. The molecule has 0 aliphatic heterocycles. The summed E-state index contributed by atoms with van der Waals surface area (Å²) in [5.41, 5.74) is 7.08. The highest BCUT2D eigenvalue weighted by Gasteiger charge is 2.32. The Morgan fingerprint density at radius 2 is 2.00 bits per heavy atom. The number of carbonyl (C=O) groups excluding carboxylic acids is 2. The molecule has 2 N–H and O–H groups in total. The summed E-state index contributed by atoms with van der Waals surface area (Å²) >= 11 is 3.13. The molecule has 30 heavy (non-hydrogen) atoms. The van der Waals surface area contributed by atoms with Crippen molar-refractivity contribution in [2.45, 2.75) is 63.4 Å². The SMILES string of the molecule is CCC(=O)NNC(=O)CSc1nnc2c3c4c(sc3nc(C3CC3)n12)C[C@H](C)CC4. The lowest BCUT2D eigenvalue weighted by Gasteiger charge is -2.17. The van der Waals surface area contributed by atoms with E-state index in [4.69, 9.17) is 4.98 Å². The molecule has 0 bridgehead atoms. The van der Waals surface area contributed by atoms with Crippen molar-refractivity contribution >= 4 is 50.8 Å². The van der Waals surface area contributed by atoms with Crippen LogP contribution in [0.15, 0.2) is 5.16 Å². The molecule has 1 saturated carbocycles. The van der Waals surface area contributed by atoms with Gasteiger partial charge in [-0.25, -0.2) is 4.98 Å². The van der Waals surface area contributed by atoms with E-state index in [1.165, 1.54) is 28.6 Å². The summed E-state index contributed by atoms with van der Waals surface area (Å²) in [7, 11) is 0. The molecular formula is C20H24N6O2S2. The fourth-order valence-corrected chi connectivity index (χ4v) is 6.07. The second-order valence-electron chi connectivity index (χ2n) is 8.16. The second-order valence-corrected chi connectivity index (χ2v) is 10.2. The fourth-order valence-electron chi connectivity index (χ4n) is 3.94. The minimum absolute atomic E-state index is 0.145. The number of nitrogens with one attached hydrogen (secondary N) is 2. The average Bonchev–Trinajstić information content (AvgIpc) is 3.40. The van der Waals surface area contributed by atoms with Crippen molar-refractivity contribution in [3.05, 3.63) is 16.3 Å². The molecule has 2 aliphatic carbocycles. The summed E-state index contributed by atoms with van der Waals surface area (Å²) in [6.45, 7) is 4.04. The lowest BCUT2D eigenvalue weighted by molar-refractivity contribution is -0.127. The van der Waals surface area contributed by atoms with Crippen LogP contribution in [0.1, 0.15) is 61.7 Å². The van der Waals surface area contributed by atoms with Crippen LogP contribution < -0.4 is 10.9 Å². The third-order valence-corrected chi connectivity index (χ3v) is 7.81. The summed E-state index contributed by atoms with van der Waals surface area (Å²) in [5.74, 6) is 1.80. The van der Waals surface area contributed by atoms with E-state index in [9.17, 15) is 9.59 Å². The van der Waals surface area contributed by atoms with E-state index >= 15 is 0 Å². The highest BCUT2D eigenvalue weighted by Crippen LogP contribution is 2.44. The summed E-state index contributed by atoms with van der Waals surface area (Å²) < 4.78 is 2.06. The van der Waals surface area contributed by atoms with E-state index in [1.54, 1.807) is 6.92 Å². The number of nitrogens with zero attached hydrogens (tertiary/aromatic N) is 4. The van der Waals surface area contributed by atoms with Crippen LogP contribution in [-0.2, 0) is 22.4 Å². The van der Waals surface area contributed by atoms with Crippen LogP contribution in [0, 0.1) is 5.92 Å². The Hall–Kier alpha value is -2.20. The maximum Gasteiger partial charge on any atom is 0.248 e. The molecule has 0 aromatic carbocycles. The Bertz CT molecular complexity index is 1150. The van der Waals surface area contributed by atoms with Crippen LogP contribution in [0.25, 0.3) is 15.9 Å².